The molecule has 0 atom stereocenters. The molecule has 1 fully saturated rings. The number of aromatic nitrogens is 1. The van der Waals surface area contributed by atoms with E-state index in [2.05, 4.69) is 15.2 Å². The van der Waals surface area contributed by atoms with Crippen molar-refractivity contribution in [2.45, 2.75) is 25.4 Å². The van der Waals surface area contributed by atoms with E-state index in [-0.39, 0.29) is 0 Å². The van der Waals surface area contributed by atoms with E-state index < -0.39 is 5.97 Å². The number of pyridine rings is 1. The maximum Gasteiger partial charge on any atom is 0.335 e. The number of halogens is 1. The summed E-state index contributed by atoms with van der Waals surface area (Å²) in [6.45, 7) is 2.66. The largest absolute Gasteiger partial charge is 0.478 e. The topological polar surface area (TPSA) is 65.5 Å². The lowest BCUT2D eigenvalue weighted by Gasteiger charge is -2.34. The van der Waals surface area contributed by atoms with Crippen LogP contribution in [0.1, 0.15) is 28.9 Å². The van der Waals surface area contributed by atoms with Crippen LogP contribution in [0.3, 0.4) is 0 Å². The Balaban J connectivity index is 1.48. The predicted molar refractivity (Wildman–Crippen MR) is 94.7 cm³/mol. The van der Waals surface area contributed by atoms with Gasteiger partial charge in [-0.1, -0.05) is 11.6 Å². The Morgan fingerprint density at radius 1 is 1.21 bits per heavy atom. The molecule has 6 heteroatoms. The van der Waals surface area contributed by atoms with Crippen molar-refractivity contribution in [2.24, 2.45) is 0 Å². The van der Waals surface area contributed by atoms with Gasteiger partial charge in [-0.3, -0.25) is 4.98 Å². The molecule has 0 saturated carbocycles. The number of hydrogen-bond acceptors (Lipinski definition) is 4. The summed E-state index contributed by atoms with van der Waals surface area (Å²) < 4.78 is 0. The zero-order chi connectivity index (χ0) is 16.9. The molecule has 1 aromatic heterocycles. The summed E-state index contributed by atoms with van der Waals surface area (Å²) in [5.74, 6) is -0.889. The minimum Gasteiger partial charge on any atom is -0.478 e. The monoisotopic (exact) mass is 345 g/mol. The summed E-state index contributed by atoms with van der Waals surface area (Å²) in [5, 5.41) is 13.2. The first-order valence-corrected chi connectivity index (χ1v) is 8.42. The summed E-state index contributed by atoms with van der Waals surface area (Å²) in [6, 6.07) is 11.4. The van der Waals surface area contributed by atoms with Crippen molar-refractivity contribution in [1.29, 1.82) is 0 Å². The SMILES string of the molecule is O=C(O)c1ccc(N2CCC(NCc3ccc(Cl)cn3)CC2)cc1. The summed E-state index contributed by atoms with van der Waals surface area (Å²) >= 11 is 5.84. The quantitative estimate of drug-likeness (QED) is 0.871. The van der Waals surface area contributed by atoms with Gasteiger partial charge in [-0.05, 0) is 49.2 Å². The predicted octanol–water partition coefficient (Wildman–Crippen LogP) is 3.19. The van der Waals surface area contributed by atoms with E-state index in [1.807, 2.05) is 24.3 Å². The Labute approximate surface area is 146 Å². The molecular weight excluding hydrogens is 326 g/mol. The molecule has 0 radical (unpaired) electrons. The van der Waals surface area contributed by atoms with Crippen LogP contribution in [0.4, 0.5) is 5.69 Å². The summed E-state index contributed by atoms with van der Waals surface area (Å²) in [7, 11) is 0. The molecule has 0 aliphatic carbocycles. The van der Waals surface area contributed by atoms with E-state index in [1.165, 1.54) is 0 Å². The number of carboxylic acids is 1. The molecule has 5 nitrogen and oxygen atoms in total. The zero-order valence-corrected chi connectivity index (χ0v) is 14.0. The average Bonchev–Trinajstić information content (AvgIpc) is 2.62. The Morgan fingerprint density at radius 3 is 2.50 bits per heavy atom. The lowest BCUT2D eigenvalue weighted by molar-refractivity contribution is 0.0697. The third-order valence-corrected chi connectivity index (χ3v) is 4.56. The third kappa shape index (κ3) is 4.24. The number of rotatable bonds is 5. The van der Waals surface area contributed by atoms with Crippen LogP contribution in [0, 0.1) is 0 Å². The number of carbonyl (C=O) groups is 1. The van der Waals surface area contributed by atoms with Crippen LogP contribution >= 0.6 is 11.6 Å². The maximum absolute atomic E-state index is 10.9. The number of benzene rings is 1. The van der Waals surface area contributed by atoms with Crippen molar-refractivity contribution < 1.29 is 9.90 Å². The van der Waals surface area contributed by atoms with E-state index in [4.69, 9.17) is 16.7 Å². The zero-order valence-electron chi connectivity index (χ0n) is 13.3. The van der Waals surface area contributed by atoms with Gasteiger partial charge in [0.05, 0.1) is 16.3 Å². The van der Waals surface area contributed by atoms with Crippen LogP contribution in [0.25, 0.3) is 0 Å². The lowest BCUT2D eigenvalue weighted by atomic mass is 10.0. The molecule has 1 aliphatic rings. The molecule has 1 aliphatic heterocycles. The van der Waals surface area contributed by atoms with Crippen LogP contribution < -0.4 is 10.2 Å². The van der Waals surface area contributed by atoms with Crippen LogP contribution in [0.2, 0.25) is 5.02 Å². The molecule has 0 amide bonds. The van der Waals surface area contributed by atoms with E-state index in [1.54, 1.807) is 18.3 Å². The van der Waals surface area contributed by atoms with E-state index >= 15 is 0 Å². The fraction of sp³-hybridized carbons (Fsp3) is 0.333. The smallest absolute Gasteiger partial charge is 0.335 e. The Morgan fingerprint density at radius 2 is 1.92 bits per heavy atom. The Kier molecular flexibility index (Phi) is 5.33. The van der Waals surface area contributed by atoms with Crippen molar-refractivity contribution in [3.05, 3.63) is 58.9 Å². The highest BCUT2D eigenvalue weighted by Gasteiger charge is 2.19. The van der Waals surface area contributed by atoms with Crippen molar-refractivity contribution in [3.63, 3.8) is 0 Å². The Hall–Kier alpha value is -2.11. The van der Waals surface area contributed by atoms with Gasteiger partial charge in [-0.25, -0.2) is 4.79 Å². The number of carboxylic acid groups (broad SMARTS) is 1. The normalized spacial score (nSPS) is 15.5. The fourth-order valence-electron chi connectivity index (χ4n) is 2.92. The number of aromatic carboxylic acids is 1. The van der Waals surface area contributed by atoms with Gasteiger partial charge < -0.3 is 15.3 Å². The second kappa shape index (κ2) is 7.64. The summed E-state index contributed by atoms with van der Waals surface area (Å²) in [5.41, 5.74) is 2.40. The molecule has 0 spiro atoms. The van der Waals surface area contributed by atoms with Gasteiger partial charge >= 0.3 is 5.97 Å². The van der Waals surface area contributed by atoms with Gasteiger partial charge in [0.1, 0.15) is 0 Å². The third-order valence-electron chi connectivity index (χ3n) is 4.33. The van der Waals surface area contributed by atoms with Crippen LogP contribution in [0.5, 0.6) is 0 Å². The molecule has 0 bridgehead atoms. The fourth-order valence-corrected chi connectivity index (χ4v) is 3.03. The standard InChI is InChI=1S/C18H20ClN3O2/c19-14-3-4-16(20-11-14)12-21-15-7-9-22(10-8-15)17-5-1-13(2-6-17)18(23)24/h1-6,11,15,21H,7-10,12H2,(H,23,24). The van der Waals surface area contributed by atoms with Crippen molar-refractivity contribution >= 4 is 23.3 Å². The average molecular weight is 346 g/mol. The van der Waals surface area contributed by atoms with E-state index in [0.29, 0.717) is 16.6 Å². The van der Waals surface area contributed by atoms with Crippen molar-refractivity contribution in [2.75, 3.05) is 18.0 Å². The molecule has 126 valence electrons. The van der Waals surface area contributed by atoms with Gasteiger partial charge in [0.25, 0.3) is 0 Å². The van der Waals surface area contributed by atoms with Crippen molar-refractivity contribution in [3.8, 4) is 0 Å². The molecule has 3 rings (SSSR count). The minimum absolute atomic E-state index is 0.325. The van der Waals surface area contributed by atoms with Gasteiger partial charge in [-0.15, -0.1) is 0 Å². The number of piperidine rings is 1. The summed E-state index contributed by atoms with van der Waals surface area (Å²) in [6.07, 6.45) is 3.77. The van der Waals surface area contributed by atoms with Gasteiger partial charge in [0.15, 0.2) is 0 Å². The van der Waals surface area contributed by atoms with Gasteiger partial charge in [0.2, 0.25) is 0 Å². The minimum atomic E-state index is -0.889. The van der Waals surface area contributed by atoms with Gasteiger partial charge in [-0.2, -0.15) is 0 Å². The molecule has 0 unspecified atom stereocenters. The summed E-state index contributed by atoms with van der Waals surface area (Å²) in [4.78, 5) is 17.5. The Bertz CT molecular complexity index is 680. The number of anilines is 1. The lowest BCUT2D eigenvalue weighted by Crippen LogP contribution is -2.42. The van der Waals surface area contributed by atoms with Crippen molar-refractivity contribution in [1.82, 2.24) is 10.3 Å². The van der Waals surface area contributed by atoms with E-state index in [9.17, 15) is 4.79 Å². The van der Waals surface area contributed by atoms with Crippen LogP contribution in [-0.4, -0.2) is 35.2 Å². The molecule has 2 N–H and O–H groups in total. The van der Waals surface area contributed by atoms with Gasteiger partial charge in [0, 0.05) is 37.6 Å². The second-order valence-electron chi connectivity index (χ2n) is 5.96. The molecule has 24 heavy (non-hydrogen) atoms. The highest BCUT2D eigenvalue weighted by atomic mass is 35.5. The number of nitrogens with zero attached hydrogens (tertiary/aromatic N) is 2. The first-order valence-electron chi connectivity index (χ1n) is 8.04. The molecule has 2 heterocycles. The second-order valence-corrected chi connectivity index (χ2v) is 6.40. The molecule has 1 saturated heterocycles. The van der Waals surface area contributed by atoms with Crippen LogP contribution in [0.15, 0.2) is 42.6 Å². The highest BCUT2D eigenvalue weighted by Crippen LogP contribution is 2.21. The maximum atomic E-state index is 10.9. The number of nitrogens with one attached hydrogen (secondary N) is 1. The number of hydrogen-bond donors (Lipinski definition) is 2. The van der Waals surface area contributed by atoms with Crippen LogP contribution in [-0.2, 0) is 6.54 Å². The molecule has 1 aromatic carbocycles. The molecular formula is C18H20ClN3O2. The first-order chi connectivity index (χ1) is 11.6. The highest BCUT2D eigenvalue weighted by molar-refractivity contribution is 6.30. The van der Waals surface area contributed by atoms with E-state index in [0.717, 1.165) is 43.9 Å². The first kappa shape index (κ1) is 16.7. The molecule has 2 aromatic rings.